The van der Waals surface area contributed by atoms with Crippen molar-refractivity contribution in [1.82, 2.24) is 15.1 Å². The highest BCUT2D eigenvalue weighted by molar-refractivity contribution is 7.10. The maximum Gasteiger partial charge on any atom is 0.225 e. The Labute approximate surface area is 172 Å². The van der Waals surface area contributed by atoms with E-state index in [0.717, 1.165) is 57.8 Å². The van der Waals surface area contributed by atoms with E-state index >= 15 is 0 Å². The van der Waals surface area contributed by atoms with Crippen LogP contribution in [0.4, 0.5) is 0 Å². The van der Waals surface area contributed by atoms with Gasteiger partial charge in [-0.05, 0) is 69.0 Å². The Balaban J connectivity index is 1.29. The first-order chi connectivity index (χ1) is 13.6. The van der Waals surface area contributed by atoms with Crippen molar-refractivity contribution in [2.45, 2.75) is 51.5 Å². The van der Waals surface area contributed by atoms with Gasteiger partial charge in [0.2, 0.25) is 11.8 Å². The summed E-state index contributed by atoms with van der Waals surface area (Å²) in [6.07, 6.45) is 6.19. The molecule has 0 aromatic carbocycles. The van der Waals surface area contributed by atoms with Crippen LogP contribution < -0.4 is 5.32 Å². The van der Waals surface area contributed by atoms with Crippen LogP contribution in [-0.4, -0.2) is 54.3 Å². The number of rotatable bonds is 6. The zero-order valence-corrected chi connectivity index (χ0v) is 17.8. The largest absolute Gasteiger partial charge is 0.354 e. The smallest absolute Gasteiger partial charge is 0.225 e. The normalized spacial score (nSPS) is 23.5. The molecule has 6 heteroatoms. The predicted octanol–water partition coefficient (Wildman–Crippen LogP) is 3.29. The number of hydrogen-bond acceptors (Lipinski definition) is 4. The Morgan fingerprint density at radius 1 is 1.07 bits per heavy atom. The zero-order chi connectivity index (χ0) is 19.5. The van der Waals surface area contributed by atoms with Crippen molar-refractivity contribution >= 4 is 23.2 Å². The number of carbonyl (C=O) groups excluding carboxylic acids is 2. The molecule has 1 saturated carbocycles. The molecule has 154 valence electrons. The summed E-state index contributed by atoms with van der Waals surface area (Å²) in [6.45, 7) is 6.73. The van der Waals surface area contributed by atoms with Crippen LogP contribution in [0.3, 0.4) is 0 Å². The van der Waals surface area contributed by atoms with Gasteiger partial charge in [0.15, 0.2) is 0 Å². The van der Waals surface area contributed by atoms with E-state index in [9.17, 15) is 9.59 Å². The average molecular weight is 404 g/mol. The summed E-state index contributed by atoms with van der Waals surface area (Å²) in [4.78, 5) is 30.9. The lowest BCUT2D eigenvalue weighted by molar-refractivity contribution is -0.136. The minimum absolute atomic E-state index is 0.0496. The summed E-state index contributed by atoms with van der Waals surface area (Å²) in [5.74, 6) is 1.62. The minimum Gasteiger partial charge on any atom is -0.354 e. The number of amides is 2. The molecule has 2 aliphatic heterocycles. The van der Waals surface area contributed by atoms with Gasteiger partial charge in [-0.3, -0.25) is 14.5 Å². The summed E-state index contributed by atoms with van der Waals surface area (Å²) < 4.78 is 0. The Morgan fingerprint density at radius 3 is 2.39 bits per heavy atom. The van der Waals surface area contributed by atoms with Crippen LogP contribution in [-0.2, 0) is 9.59 Å². The van der Waals surface area contributed by atoms with E-state index in [2.05, 4.69) is 34.7 Å². The zero-order valence-electron chi connectivity index (χ0n) is 16.9. The fourth-order valence-corrected chi connectivity index (χ4v) is 5.38. The van der Waals surface area contributed by atoms with E-state index < -0.39 is 0 Å². The highest BCUT2D eigenvalue weighted by Crippen LogP contribution is 2.33. The summed E-state index contributed by atoms with van der Waals surface area (Å²) in [6, 6.07) is 4.59. The molecule has 0 bridgehead atoms. The summed E-state index contributed by atoms with van der Waals surface area (Å²) in [7, 11) is 0. The second kappa shape index (κ2) is 8.95. The van der Waals surface area contributed by atoms with E-state index in [4.69, 9.17) is 0 Å². The van der Waals surface area contributed by atoms with Gasteiger partial charge in [0.05, 0.1) is 6.04 Å². The van der Waals surface area contributed by atoms with Gasteiger partial charge in [-0.1, -0.05) is 13.0 Å². The number of nitrogens with zero attached hydrogens (tertiary/aromatic N) is 2. The average Bonchev–Trinajstić information content (AvgIpc) is 3.44. The Morgan fingerprint density at radius 2 is 1.79 bits per heavy atom. The molecule has 2 amide bonds. The van der Waals surface area contributed by atoms with Gasteiger partial charge in [0, 0.05) is 36.3 Å². The van der Waals surface area contributed by atoms with E-state index in [-0.39, 0.29) is 23.8 Å². The molecule has 3 heterocycles. The topological polar surface area (TPSA) is 52.7 Å². The monoisotopic (exact) mass is 403 g/mol. The standard InChI is InChI=1S/C22H33N3O2S/c1-16-6-10-24(11-7-16)19(20-3-2-14-28-20)15-23-21(26)17-8-12-25(13-9-17)22(27)18-4-5-18/h2-3,14,16-19H,4-13,15H2,1H3,(H,23,26)/t19-/m0/s1. The second-order valence-corrected chi connectivity index (χ2v) is 9.85. The molecule has 0 spiro atoms. The number of nitrogens with one attached hydrogen (secondary N) is 1. The molecule has 1 atom stereocenters. The van der Waals surface area contributed by atoms with E-state index in [1.54, 1.807) is 11.3 Å². The number of thiophene rings is 1. The molecule has 1 aliphatic carbocycles. The predicted molar refractivity (Wildman–Crippen MR) is 112 cm³/mol. The van der Waals surface area contributed by atoms with Crippen LogP contribution >= 0.6 is 11.3 Å². The van der Waals surface area contributed by atoms with E-state index in [0.29, 0.717) is 12.5 Å². The molecule has 1 N–H and O–H groups in total. The maximum atomic E-state index is 12.8. The Kier molecular flexibility index (Phi) is 6.36. The van der Waals surface area contributed by atoms with Crippen LogP contribution in [0.2, 0.25) is 0 Å². The van der Waals surface area contributed by atoms with Crippen LogP contribution in [0.25, 0.3) is 0 Å². The SMILES string of the molecule is CC1CCN([C@@H](CNC(=O)C2CCN(C(=O)C3CC3)CC2)c2cccs2)CC1. The molecule has 0 unspecified atom stereocenters. The third-order valence-corrected chi connectivity index (χ3v) is 7.68. The Hall–Kier alpha value is -1.40. The van der Waals surface area contributed by atoms with Crippen LogP contribution in [0, 0.1) is 17.8 Å². The summed E-state index contributed by atoms with van der Waals surface area (Å²) in [5, 5.41) is 5.38. The van der Waals surface area contributed by atoms with Crippen LogP contribution in [0.5, 0.6) is 0 Å². The third kappa shape index (κ3) is 4.77. The lowest BCUT2D eigenvalue weighted by Gasteiger charge is -2.37. The lowest BCUT2D eigenvalue weighted by Crippen LogP contribution is -2.46. The van der Waals surface area contributed by atoms with Gasteiger partial charge >= 0.3 is 0 Å². The van der Waals surface area contributed by atoms with Crippen LogP contribution in [0.1, 0.15) is 56.4 Å². The molecule has 3 fully saturated rings. The maximum absolute atomic E-state index is 12.8. The van der Waals surface area contributed by atoms with Gasteiger partial charge in [-0.15, -0.1) is 11.3 Å². The molecule has 1 aromatic rings. The first kappa shape index (κ1) is 19.9. The van der Waals surface area contributed by atoms with Gasteiger partial charge in [0.1, 0.15) is 0 Å². The lowest BCUT2D eigenvalue weighted by atomic mass is 9.95. The molecule has 3 aliphatic rings. The molecule has 4 rings (SSSR count). The molecular formula is C22H33N3O2S. The van der Waals surface area contributed by atoms with E-state index in [1.807, 2.05) is 4.90 Å². The molecule has 1 aromatic heterocycles. The third-order valence-electron chi connectivity index (χ3n) is 6.70. The molecule has 2 saturated heterocycles. The van der Waals surface area contributed by atoms with Crippen molar-refractivity contribution < 1.29 is 9.59 Å². The number of hydrogen-bond donors (Lipinski definition) is 1. The van der Waals surface area contributed by atoms with E-state index in [1.165, 1.54) is 17.7 Å². The quantitative estimate of drug-likeness (QED) is 0.793. The highest BCUT2D eigenvalue weighted by atomic mass is 32.1. The van der Waals surface area contributed by atoms with Crippen molar-refractivity contribution in [3.8, 4) is 0 Å². The first-order valence-corrected chi connectivity index (χ1v) is 11.8. The molecule has 28 heavy (non-hydrogen) atoms. The van der Waals surface area contributed by atoms with Crippen molar-refractivity contribution in [2.24, 2.45) is 17.8 Å². The number of piperidine rings is 2. The number of likely N-dealkylation sites (tertiary alicyclic amines) is 2. The molecule has 0 radical (unpaired) electrons. The molecular weight excluding hydrogens is 370 g/mol. The van der Waals surface area contributed by atoms with Gasteiger partial charge in [0.25, 0.3) is 0 Å². The fourth-order valence-electron chi connectivity index (χ4n) is 4.52. The summed E-state index contributed by atoms with van der Waals surface area (Å²) in [5.41, 5.74) is 0. The number of carbonyl (C=O) groups is 2. The van der Waals surface area contributed by atoms with Crippen LogP contribution in [0.15, 0.2) is 17.5 Å². The van der Waals surface area contributed by atoms with Crippen molar-refractivity contribution in [2.75, 3.05) is 32.7 Å². The van der Waals surface area contributed by atoms with Crippen molar-refractivity contribution in [3.63, 3.8) is 0 Å². The van der Waals surface area contributed by atoms with Gasteiger partial charge in [-0.25, -0.2) is 0 Å². The fraction of sp³-hybridized carbons (Fsp3) is 0.727. The van der Waals surface area contributed by atoms with Crippen molar-refractivity contribution in [1.29, 1.82) is 0 Å². The van der Waals surface area contributed by atoms with Gasteiger partial charge < -0.3 is 10.2 Å². The second-order valence-electron chi connectivity index (χ2n) is 8.87. The first-order valence-electron chi connectivity index (χ1n) is 11.0. The molecule has 5 nitrogen and oxygen atoms in total. The van der Waals surface area contributed by atoms with Gasteiger partial charge in [-0.2, -0.15) is 0 Å². The summed E-state index contributed by atoms with van der Waals surface area (Å²) >= 11 is 1.79. The Bertz CT molecular complexity index is 657. The van der Waals surface area contributed by atoms with Crippen molar-refractivity contribution in [3.05, 3.63) is 22.4 Å². The minimum atomic E-state index is 0.0496. The highest BCUT2D eigenvalue weighted by Gasteiger charge is 2.36.